The fourth-order valence-corrected chi connectivity index (χ4v) is 3.28. The Morgan fingerprint density at radius 3 is 2.32 bits per heavy atom. The van der Waals surface area contributed by atoms with Gasteiger partial charge in [-0.25, -0.2) is 0 Å². The summed E-state index contributed by atoms with van der Waals surface area (Å²) in [5.41, 5.74) is -0.221. The zero-order valence-electron chi connectivity index (χ0n) is 18.2. The Balaban J connectivity index is 1.80. The van der Waals surface area contributed by atoms with Crippen molar-refractivity contribution in [2.45, 2.75) is 59.7 Å². The van der Waals surface area contributed by atoms with E-state index in [0.29, 0.717) is 32.7 Å². The monoisotopic (exact) mass is 392 g/mol. The summed E-state index contributed by atoms with van der Waals surface area (Å²) in [5.74, 6) is 1.94. The number of carbonyl (C=O) groups is 2. The molecule has 7 heteroatoms. The standard InChI is InChI=1S/C21H36N4O3/c1-16(2)25(13-18-8-7-17(3)28-18)15-20(27)24-11-9-23(10-12-24)14-19(26)22-21(4,5)6/h7-8,16H,9-15H2,1-6H3,(H,22,26). The molecule has 0 bridgehead atoms. The molecule has 2 amide bonds. The molecule has 1 fully saturated rings. The number of amides is 2. The van der Waals surface area contributed by atoms with Crippen molar-refractivity contribution in [2.75, 3.05) is 39.3 Å². The van der Waals surface area contributed by atoms with Gasteiger partial charge in [0.2, 0.25) is 11.8 Å². The first-order chi connectivity index (χ1) is 13.0. The first-order valence-corrected chi connectivity index (χ1v) is 10.1. The van der Waals surface area contributed by atoms with Crippen LogP contribution in [0, 0.1) is 6.92 Å². The summed E-state index contributed by atoms with van der Waals surface area (Å²) >= 11 is 0. The van der Waals surface area contributed by atoms with Gasteiger partial charge in [0, 0.05) is 37.8 Å². The van der Waals surface area contributed by atoms with Crippen LogP contribution in [0.15, 0.2) is 16.5 Å². The summed E-state index contributed by atoms with van der Waals surface area (Å²) in [6, 6.07) is 4.16. The number of hydrogen-bond acceptors (Lipinski definition) is 5. The highest BCUT2D eigenvalue weighted by atomic mass is 16.3. The van der Waals surface area contributed by atoms with Crippen LogP contribution in [-0.4, -0.2) is 77.4 Å². The lowest BCUT2D eigenvalue weighted by molar-refractivity contribution is -0.135. The molecule has 0 unspecified atom stereocenters. The molecular weight excluding hydrogens is 356 g/mol. The van der Waals surface area contributed by atoms with Crippen LogP contribution in [0.5, 0.6) is 0 Å². The van der Waals surface area contributed by atoms with Crippen LogP contribution in [0.25, 0.3) is 0 Å². The lowest BCUT2D eigenvalue weighted by Gasteiger charge is -2.36. The van der Waals surface area contributed by atoms with Gasteiger partial charge in [-0.05, 0) is 53.7 Å². The van der Waals surface area contributed by atoms with Gasteiger partial charge in [-0.1, -0.05) is 0 Å². The van der Waals surface area contributed by atoms with E-state index < -0.39 is 0 Å². The van der Waals surface area contributed by atoms with Gasteiger partial charge in [-0.15, -0.1) is 0 Å². The minimum atomic E-state index is -0.221. The molecule has 28 heavy (non-hydrogen) atoms. The topological polar surface area (TPSA) is 69.0 Å². The Hall–Kier alpha value is -1.86. The minimum Gasteiger partial charge on any atom is -0.465 e. The van der Waals surface area contributed by atoms with E-state index in [9.17, 15) is 9.59 Å². The third-order valence-corrected chi connectivity index (χ3v) is 4.83. The Bertz CT molecular complexity index is 655. The first-order valence-electron chi connectivity index (χ1n) is 10.1. The highest BCUT2D eigenvalue weighted by molar-refractivity contribution is 5.79. The van der Waals surface area contributed by atoms with Gasteiger partial charge in [-0.2, -0.15) is 0 Å². The Labute approximate surface area is 169 Å². The largest absolute Gasteiger partial charge is 0.465 e. The van der Waals surface area contributed by atoms with E-state index in [-0.39, 0.29) is 23.4 Å². The van der Waals surface area contributed by atoms with Gasteiger partial charge in [0.25, 0.3) is 0 Å². The number of rotatable bonds is 7. The first kappa shape index (κ1) is 22.4. The molecule has 1 aromatic heterocycles. The van der Waals surface area contributed by atoms with E-state index in [1.807, 2.05) is 44.7 Å². The predicted molar refractivity (Wildman–Crippen MR) is 110 cm³/mol. The highest BCUT2D eigenvalue weighted by Crippen LogP contribution is 2.13. The number of piperazine rings is 1. The van der Waals surface area contributed by atoms with Crippen LogP contribution in [0.4, 0.5) is 0 Å². The summed E-state index contributed by atoms with van der Waals surface area (Å²) in [6.45, 7) is 16.2. The maximum absolute atomic E-state index is 12.8. The van der Waals surface area contributed by atoms with Crippen LogP contribution in [-0.2, 0) is 16.1 Å². The van der Waals surface area contributed by atoms with E-state index in [0.717, 1.165) is 24.6 Å². The fraction of sp³-hybridized carbons (Fsp3) is 0.714. The second-order valence-corrected chi connectivity index (χ2v) is 8.97. The molecule has 1 N–H and O–H groups in total. The lowest BCUT2D eigenvalue weighted by Crippen LogP contribution is -2.54. The Morgan fingerprint density at radius 1 is 1.18 bits per heavy atom. The quantitative estimate of drug-likeness (QED) is 0.767. The summed E-state index contributed by atoms with van der Waals surface area (Å²) in [4.78, 5) is 31.0. The van der Waals surface area contributed by atoms with Gasteiger partial charge in [0.15, 0.2) is 0 Å². The molecule has 1 aliphatic heterocycles. The van der Waals surface area contributed by atoms with E-state index in [4.69, 9.17) is 4.42 Å². The van der Waals surface area contributed by atoms with Crippen molar-refractivity contribution in [3.63, 3.8) is 0 Å². The Morgan fingerprint density at radius 2 is 1.82 bits per heavy atom. The Kier molecular flexibility index (Phi) is 7.66. The van der Waals surface area contributed by atoms with Gasteiger partial charge in [0.1, 0.15) is 11.5 Å². The molecule has 1 saturated heterocycles. The van der Waals surface area contributed by atoms with E-state index in [1.165, 1.54) is 0 Å². The van der Waals surface area contributed by atoms with Crippen molar-refractivity contribution >= 4 is 11.8 Å². The average Bonchev–Trinajstić information content (AvgIpc) is 2.98. The number of nitrogens with one attached hydrogen (secondary N) is 1. The van der Waals surface area contributed by atoms with Gasteiger partial charge in [0.05, 0.1) is 19.6 Å². The smallest absolute Gasteiger partial charge is 0.236 e. The normalized spacial score (nSPS) is 16.1. The zero-order chi connectivity index (χ0) is 20.9. The third-order valence-electron chi connectivity index (χ3n) is 4.83. The van der Waals surface area contributed by atoms with Crippen molar-refractivity contribution in [2.24, 2.45) is 0 Å². The molecule has 158 valence electrons. The number of carbonyl (C=O) groups excluding carboxylic acids is 2. The van der Waals surface area contributed by atoms with Crippen molar-refractivity contribution < 1.29 is 14.0 Å². The van der Waals surface area contributed by atoms with Gasteiger partial charge in [-0.3, -0.25) is 19.4 Å². The van der Waals surface area contributed by atoms with Crippen molar-refractivity contribution in [3.8, 4) is 0 Å². The number of hydrogen-bond donors (Lipinski definition) is 1. The van der Waals surface area contributed by atoms with Gasteiger partial charge >= 0.3 is 0 Å². The summed E-state index contributed by atoms with van der Waals surface area (Å²) < 4.78 is 5.67. The van der Waals surface area contributed by atoms with Crippen LogP contribution < -0.4 is 5.32 Å². The molecule has 2 rings (SSSR count). The van der Waals surface area contributed by atoms with Crippen LogP contribution in [0.3, 0.4) is 0 Å². The molecule has 1 aromatic rings. The molecule has 2 heterocycles. The molecule has 7 nitrogen and oxygen atoms in total. The number of nitrogens with zero attached hydrogens (tertiary/aromatic N) is 3. The lowest BCUT2D eigenvalue weighted by atomic mass is 10.1. The second kappa shape index (κ2) is 9.56. The molecule has 1 aliphatic rings. The van der Waals surface area contributed by atoms with Crippen molar-refractivity contribution in [1.29, 1.82) is 0 Å². The SMILES string of the molecule is Cc1ccc(CN(CC(=O)N2CCN(CC(=O)NC(C)(C)C)CC2)C(C)C)o1. The predicted octanol–water partition coefficient (Wildman–Crippen LogP) is 1.86. The van der Waals surface area contributed by atoms with Crippen LogP contribution >= 0.6 is 0 Å². The number of furan rings is 1. The average molecular weight is 393 g/mol. The highest BCUT2D eigenvalue weighted by Gasteiger charge is 2.25. The molecule has 0 atom stereocenters. The maximum Gasteiger partial charge on any atom is 0.236 e. The van der Waals surface area contributed by atoms with Crippen molar-refractivity contribution in [1.82, 2.24) is 20.0 Å². The van der Waals surface area contributed by atoms with E-state index >= 15 is 0 Å². The fourth-order valence-electron chi connectivity index (χ4n) is 3.28. The van der Waals surface area contributed by atoms with E-state index in [2.05, 4.69) is 29.0 Å². The van der Waals surface area contributed by atoms with E-state index in [1.54, 1.807) is 0 Å². The maximum atomic E-state index is 12.8. The summed E-state index contributed by atoms with van der Waals surface area (Å²) in [5, 5.41) is 2.99. The van der Waals surface area contributed by atoms with Crippen LogP contribution in [0.1, 0.15) is 46.1 Å². The van der Waals surface area contributed by atoms with Crippen LogP contribution in [0.2, 0.25) is 0 Å². The molecule has 0 aromatic carbocycles. The second-order valence-electron chi connectivity index (χ2n) is 8.97. The minimum absolute atomic E-state index is 0.0343. The van der Waals surface area contributed by atoms with Gasteiger partial charge < -0.3 is 14.6 Å². The third kappa shape index (κ3) is 7.28. The summed E-state index contributed by atoms with van der Waals surface area (Å²) in [6.07, 6.45) is 0. The molecular formula is C21H36N4O3. The molecule has 0 saturated carbocycles. The molecule has 0 aliphatic carbocycles. The number of aryl methyl sites for hydroxylation is 1. The summed E-state index contributed by atoms with van der Waals surface area (Å²) in [7, 11) is 0. The van der Waals surface area contributed by atoms with Crippen molar-refractivity contribution in [3.05, 3.63) is 23.7 Å². The zero-order valence-corrected chi connectivity index (χ0v) is 18.2. The molecule has 0 radical (unpaired) electrons. The molecule has 0 spiro atoms.